The van der Waals surface area contributed by atoms with Crippen LogP contribution >= 0.6 is 22.9 Å². The van der Waals surface area contributed by atoms with Crippen LogP contribution in [0, 0.1) is 6.92 Å². The first-order valence-corrected chi connectivity index (χ1v) is 10.2. The minimum Gasteiger partial charge on any atom is -0.347 e. The van der Waals surface area contributed by atoms with Gasteiger partial charge in [-0.3, -0.25) is 14.2 Å². The van der Waals surface area contributed by atoms with Crippen LogP contribution in [0.1, 0.15) is 45.9 Å². The molecule has 1 aliphatic rings. The van der Waals surface area contributed by atoms with E-state index in [4.69, 9.17) is 16.6 Å². The zero-order chi connectivity index (χ0) is 19.0. The van der Waals surface area contributed by atoms with Crippen molar-refractivity contribution in [3.8, 4) is 0 Å². The van der Waals surface area contributed by atoms with Crippen LogP contribution in [0.2, 0.25) is 5.15 Å². The van der Waals surface area contributed by atoms with Crippen LogP contribution in [-0.2, 0) is 19.5 Å². The van der Waals surface area contributed by atoms with Gasteiger partial charge in [0.1, 0.15) is 15.8 Å². The molecule has 8 heteroatoms. The van der Waals surface area contributed by atoms with Crippen LogP contribution in [0.3, 0.4) is 0 Å². The van der Waals surface area contributed by atoms with E-state index in [2.05, 4.69) is 10.3 Å². The summed E-state index contributed by atoms with van der Waals surface area (Å²) in [6.07, 6.45) is 5.59. The smallest absolute Gasteiger partial charge is 0.262 e. The Balaban J connectivity index is 1.65. The molecule has 6 nitrogen and oxygen atoms in total. The number of thiophene rings is 1. The first-order chi connectivity index (χ1) is 13.0. The van der Waals surface area contributed by atoms with Gasteiger partial charge >= 0.3 is 0 Å². The molecule has 27 heavy (non-hydrogen) atoms. The summed E-state index contributed by atoms with van der Waals surface area (Å²) in [6, 6.07) is 3.50. The lowest BCUT2D eigenvalue weighted by atomic mass is 10.2. The third kappa shape index (κ3) is 3.49. The molecule has 0 unspecified atom stereocenters. The number of rotatable bonds is 3. The van der Waals surface area contributed by atoms with Gasteiger partial charge in [-0.05, 0) is 37.0 Å². The Morgan fingerprint density at radius 2 is 2.19 bits per heavy atom. The average Bonchev–Trinajstić information content (AvgIpc) is 2.83. The summed E-state index contributed by atoms with van der Waals surface area (Å²) in [6.45, 7) is 2.88. The van der Waals surface area contributed by atoms with Gasteiger partial charge in [0.25, 0.3) is 11.5 Å². The molecule has 0 saturated heterocycles. The van der Waals surface area contributed by atoms with Gasteiger partial charge in [-0.25, -0.2) is 9.97 Å². The molecule has 0 aromatic carbocycles. The van der Waals surface area contributed by atoms with Crippen molar-refractivity contribution in [2.75, 3.05) is 0 Å². The molecule has 0 aliphatic carbocycles. The van der Waals surface area contributed by atoms with Crippen molar-refractivity contribution in [2.24, 2.45) is 0 Å². The van der Waals surface area contributed by atoms with Crippen molar-refractivity contribution in [3.63, 3.8) is 0 Å². The van der Waals surface area contributed by atoms with E-state index in [1.54, 1.807) is 16.8 Å². The van der Waals surface area contributed by atoms with Gasteiger partial charge in [0.2, 0.25) is 0 Å². The highest BCUT2D eigenvalue weighted by molar-refractivity contribution is 7.20. The summed E-state index contributed by atoms with van der Waals surface area (Å²) in [5.74, 6) is 0.635. The largest absolute Gasteiger partial charge is 0.347 e. The van der Waals surface area contributed by atoms with E-state index in [1.807, 2.05) is 13.0 Å². The lowest BCUT2D eigenvalue weighted by molar-refractivity contribution is 0.0954. The van der Waals surface area contributed by atoms with Gasteiger partial charge in [-0.2, -0.15) is 0 Å². The summed E-state index contributed by atoms with van der Waals surface area (Å²) in [7, 11) is 0. The summed E-state index contributed by atoms with van der Waals surface area (Å²) >= 11 is 7.07. The maximum absolute atomic E-state index is 13.0. The summed E-state index contributed by atoms with van der Waals surface area (Å²) in [4.78, 5) is 35.6. The number of nitrogens with zero attached hydrogens (tertiary/aromatic N) is 3. The number of fused-ring (bicyclic) bond motifs is 2. The molecule has 3 aromatic rings. The second-order valence-corrected chi connectivity index (χ2v) is 8.09. The van der Waals surface area contributed by atoms with Crippen LogP contribution in [0.4, 0.5) is 0 Å². The fraction of sp³-hybridized carbons (Fsp3) is 0.368. The maximum atomic E-state index is 13.0. The van der Waals surface area contributed by atoms with Gasteiger partial charge in [0.15, 0.2) is 0 Å². The fourth-order valence-electron chi connectivity index (χ4n) is 3.40. The number of hydrogen-bond acceptors (Lipinski definition) is 5. The monoisotopic (exact) mass is 402 g/mol. The van der Waals surface area contributed by atoms with Crippen molar-refractivity contribution >= 4 is 39.1 Å². The molecule has 0 fully saturated rings. The van der Waals surface area contributed by atoms with Crippen molar-refractivity contribution in [1.82, 2.24) is 19.9 Å². The molecule has 0 bridgehead atoms. The van der Waals surface area contributed by atoms with Crippen LogP contribution in [0.5, 0.6) is 0 Å². The van der Waals surface area contributed by atoms with Crippen molar-refractivity contribution < 1.29 is 4.79 Å². The summed E-state index contributed by atoms with van der Waals surface area (Å²) in [5, 5.41) is 3.87. The molecule has 1 N–H and O–H groups in total. The molecule has 0 spiro atoms. The maximum Gasteiger partial charge on any atom is 0.262 e. The van der Waals surface area contributed by atoms with E-state index in [-0.39, 0.29) is 11.5 Å². The molecule has 0 atom stereocenters. The topological polar surface area (TPSA) is 76.9 Å². The molecule has 3 aromatic heterocycles. The Morgan fingerprint density at radius 3 is 2.96 bits per heavy atom. The second kappa shape index (κ2) is 7.40. The van der Waals surface area contributed by atoms with Crippen LogP contribution in [0.25, 0.3) is 10.2 Å². The molecular formula is C19H19ClN4O2S. The predicted octanol–water partition coefficient (Wildman–Crippen LogP) is 3.47. The number of aromatic nitrogens is 3. The minimum atomic E-state index is -0.204. The van der Waals surface area contributed by atoms with E-state index >= 15 is 0 Å². The molecule has 140 valence electrons. The highest BCUT2D eigenvalue weighted by Gasteiger charge is 2.22. The van der Waals surface area contributed by atoms with Gasteiger partial charge in [-0.15, -0.1) is 11.3 Å². The van der Waals surface area contributed by atoms with Gasteiger partial charge < -0.3 is 5.32 Å². The van der Waals surface area contributed by atoms with Gasteiger partial charge in [-0.1, -0.05) is 24.1 Å². The van der Waals surface area contributed by atoms with Crippen LogP contribution < -0.4 is 10.9 Å². The van der Waals surface area contributed by atoms with Gasteiger partial charge in [0.05, 0.1) is 10.3 Å². The van der Waals surface area contributed by atoms with E-state index in [0.717, 1.165) is 37.1 Å². The third-order valence-corrected chi connectivity index (χ3v) is 6.27. The Kier molecular flexibility index (Phi) is 4.97. The lowest BCUT2D eigenvalue weighted by Crippen LogP contribution is -2.25. The normalized spacial score (nSPS) is 14.0. The lowest BCUT2D eigenvalue weighted by Gasteiger charge is -2.08. The number of nitrogens with one attached hydrogen (secondary N) is 1. The third-order valence-electron chi connectivity index (χ3n) is 4.86. The van der Waals surface area contributed by atoms with Crippen molar-refractivity contribution in [3.05, 3.63) is 55.7 Å². The first-order valence-electron chi connectivity index (χ1n) is 8.96. The van der Waals surface area contributed by atoms with Crippen LogP contribution in [0.15, 0.2) is 23.1 Å². The SMILES string of the molecule is Cc1c(C(=O)NCc2ccc(Cl)nc2)sc2nc3n(c(=O)c12)CCCCC3. The predicted molar refractivity (Wildman–Crippen MR) is 107 cm³/mol. The quantitative estimate of drug-likeness (QED) is 0.680. The Labute approximate surface area is 165 Å². The molecule has 1 aliphatic heterocycles. The number of pyridine rings is 1. The number of aryl methyl sites for hydroxylation is 2. The van der Waals surface area contributed by atoms with Crippen molar-refractivity contribution in [2.45, 2.75) is 45.7 Å². The highest BCUT2D eigenvalue weighted by Crippen LogP contribution is 2.28. The highest BCUT2D eigenvalue weighted by atomic mass is 35.5. The number of amides is 1. The fourth-order valence-corrected chi connectivity index (χ4v) is 4.62. The van der Waals surface area contributed by atoms with Crippen LogP contribution in [-0.4, -0.2) is 20.4 Å². The van der Waals surface area contributed by atoms with Crippen molar-refractivity contribution in [1.29, 1.82) is 0 Å². The number of halogens is 1. The molecular weight excluding hydrogens is 384 g/mol. The summed E-state index contributed by atoms with van der Waals surface area (Å²) < 4.78 is 1.79. The van der Waals surface area contributed by atoms with E-state index < -0.39 is 0 Å². The molecule has 0 radical (unpaired) electrons. The zero-order valence-electron chi connectivity index (χ0n) is 14.9. The minimum absolute atomic E-state index is 0.0217. The Bertz CT molecular complexity index is 1070. The first kappa shape index (κ1) is 18.1. The molecule has 4 rings (SSSR count). The molecule has 0 saturated carbocycles. The summed E-state index contributed by atoms with van der Waals surface area (Å²) in [5.41, 5.74) is 1.54. The van der Waals surface area contributed by atoms with Gasteiger partial charge in [0, 0.05) is 25.7 Å². The second-order valence-electron chi connectivity index (χ2n) is 6.70. The number of carbonyl (C=O) groups is 1. The molecule has 4 heterocycles. The van der Waals surface area contributed by atoms with E-state index in [0.29, 0.717) is 38.9 Å². The Hall–Kier alpha value is -2.25. The number of hydrogen-bond donors (Lipinski definition) is 1. The number of carbonyl (C=O) groups excluding carboxylic acids is 1. The Morgan fingerprint density at radius 1 is 1.33 bits per heavy atom. The average molecular weight is 403 g/mol. The standard InChI is InChI=1S/C19H19ClN4O2S/c1-11-15-18(23-14-5-3-2-4-8-24(14)19(15)26)27-16(11)17(25)22-10-12-6-7-13(20)21-9-12/h6-7,9H,2-5,8,10H2,1H3,(H,22,25). The van der Waals surface area contributed by atoms with E-state index in [1.165, 1.54) is 11.3 Å². The zero-order valence-corrected chi connectivity index (χ0v) is 16.5. The molecule has 1 amide bonds. The van der Waals surface area contributed by atoms with E-state index in [9.17, 15) is 9.59 Å².